The molecule has 6 aromatic rings. The maximum Gasteiger partial charge on any atom is 0.230 e. The quantitative estimate of drug-likeness (QED) is 0.124. The van der Waals surface area contributed by atoms with Gasteiger partial charge >= 0.3 is 0 Å². The molecule has 3 N–H and O–H groups in total. The topological polar surface area (TPSA) is 144 Å². The number of hydrogen-bond donors (Lipinski definition) is 3. The predicted molar refractivity (Wildman–Crippen MR) is 218 cm³/mol. The maximum atomic E-state index is 8.87. The third-order valence-corrected chi connectivity index (χ3v) is 8.09. The van der Waals surface area contributed by atoms with Crippen LogP contribution in [-0.4, -0.2) is 19.9 Å². The fraction of sp³-hybridized carbons (Fsp3) is 0.0952. The second-order valence-corrected chi connectivity index (χ2v) is 12.4. The number of rotatable bonds is 10. The lowest BCUT2D eigenvalue weighted by atomic mass is 10.0. The number of ether oxygens (including phenoxy) is 1. The van der Waals surface area contributed by atoms with Crippen LogP contribution in [0.5, 0.6) is 11.6 Å². The molecule has 0 radical (unpaired) electrons. The van der Waals surface area contributed by atoms with Crippen LogP contribution in [0.1, 0.15) is 44.5 Å². The molecule has 0 unspecified atom stereocenters. The molecule has 0 saturated heterocycles. The van der Waals surface area contributed by atoms with E-state index in [4.69, 9.17) is 38.5 Å². The molecule has 2 heterocycles. The summed E-state index contributed by atoms with van der Waals surface area (Å²) in [4.78, 5) is 17.4. The first kappa shape index (κ1) is 38.5. The van der Waals surface area contributed by atoms with E-state index in [9.17, 15) is 0 Å². The zero-order valence-electron chi connectivity index (χ0n) is 29.9. The Morgan fingerprint density at radius 3 is 1.54 bits per heavy atom. The van der Waals surface area contributed by atoms with Gasteiger partial charge in [-0.15, -0.1) is 0 Å². The first-order valence-electron chi connectivity index (χ1n) is 16.6. The minimum atomic E-state index is 0.411. The third-order valence-electron chi connectivity index (χ3n) is 7.83. The van der Waals surface area contributed by atoms with Crippen molar-refractivity contribution in [2.75, 3.05) is 16.0 Å². The van der Waals surface area contributed by atoms with E-state index in [2.05, 4.69) is 60.2 Å². The highest BCUT2D eigenvalue weighted by atomic mass is 35.5. The predicted octanol–water partition coefficient (Wildman–Crippen LogP) is 11.4. The van der Waals surface area contributed by atoms with E-state index >= 15 is 0 Å². The molecule has 0 spiro atoms. The molecule has 6 rings (SSSR count). The van der Waals surface area contributed by atoms with E-state index in [1.807, 2.05) is 70.2 Å². The van der Waals surface area contributed by atoms with Gasteiger partial charge in [0.1, 0.15) is 11.6 Å². The number of hydrogen-bond acceptors (Lipinski definition) is 10. The Labute approximate surface area is 324 Å². The molecule has 4 aromatic carbocycles. The number of nitriles is 2. The van der Waals surface area contributed by atoms with E-state index in [0.717, 1.165) is 56.2 Å². The van der Waals surface area contributed by atoms with Gasteiger partial charge in [-0.3, -0.25) is 0 Å². The highest BCUT2D eigenvalue weighted by Gasteiger charge is 2.10. The van der Waals surface area contributed by atoms with Crippen molar-refractivity contribution >= 4 is 70.1 Å². The maximum absolute atomic E-state index is 8.87. The Morgan fingerprint density at radius 2 is 1.06 bits per heavy atom. The molecule has 0 aliphatic heterocycles. The number of halogens is 2. The van der Waals surface area contributed by atoms with Gasteiger partial charge in [0.15, 0.2) is 0 Å². The average Bonchev–Trinajstić information content (AvgIpc) is 3.16. The summed E-state index contributed by atoms with van der Waals surface area (Å²) in [6, 6.07) is 30.0. The molecule has 0 bridgehead atoms. The number of aryl methyl sites for hydroxylation is 4. The van der Waals surface area contributed by atoms with Crippen LogP contribution in [0.25, 0.3) is 12.2 Å². The molecule has 54 heavy (non-hydrogen) atoms. The third kappa shape index (κ3) is 10.7. The minimum absolute atomic E-state index is 0.411. The summed E-state index contributed by atoms with van der Waals surface area (Å²) in [7, 11) is 0. The van der Waals surface area contributed by atoms with Crippen molar-refractivity contribution in [1.29, 1.82) is 10.5 Å². The van der Waals surface area contributed by atoms with Gasteiger partial charge in [-0.25, -0.2) is 9.97 Å². The molecule has 0 saturated carbocycles. The molecule has 10 nitrogen and oxygen atoms in total. The van der Waals surface area contributed by atoms with Crippen molar-refractivity contribution in [3.8, 4) is 23.8 Å². The van der Waals surface area contributed by atoms with Crippen molar-refractivity contribution in [3.63, 3.8) is 0 Å². The van der Waals surface area contributed by atoms with Crippen LogP contribution in [0.3, 0.4) is 0 Å². The van der Waals surface area contributed by atoms with Crippen LogP contribution >= 0.6 is 23.2 Å². The molecule has 12 heteroatoms. The van der Waals surface area contributed by atoms with Gasteiger partial charge in [-0.1, -0.05) is 23.2 Å². The van der Waals surface area contributed by atoms with E-state index in [0.29, 0.717) is 34.7 Å². The Morgan fingerprint density at radius 1 is 0.593 bits per heavy atom. The SMILES string of the molecule is Cc1cc(/C=C/Cl)cc(C)c1Oc1ccnc(Nc2ccc(C#N)cc2)n1.Cc1cc(/C=C\Cl)cc(C)c1Nc1ccnc(Nc2ccc(C#N)cc2)n1. The normalized spacial score (nSPS) is 10.6. The van der Waals surface area contributed by atoms with Crippen molar-refractivity contribution in [2.45, 2.75) is 27.7 Å². The average molecular weight is 753 g/mol. The lowest BCUT2D eigenvalue weighted by Crippen LogP contribution is -2.02. The number of nitrogens with one attached hydrogen (secondary N) is 3. The van der Waals surface area contributed by atoms with E-state index < -0.39 is 0 Å². The Kier molecular flexibility index (Phi) is 13.3. The summed E-state index contributed by atoms with van der Waals surface area (Å²) in [5, 5.41) is 27.3. The highest BCUT2D eigenvalue weighted by Crippen LogP contribution is 2.30. The lowest BCUT2D eigenvalue weighted by molar-refractivity contribution is 0.455. The van der Waals surface area contributed by atoms with Gasteiger partial charge in [-0.2, -0.15) is 20.5 Å². The minimum Gasteiger partial charge on any atom is -0.438 e. The molecule has 0 aliphatic carbocycles. The van der Waals surface area contributed by atoms with Gasteiger partial charge in [0.2, 0.25) is 17.8 Å². The van der Waals surface area contributed by atoms with Crippen molar-refractivity contribution in [3.05, 3.63) is 153 Å². The molecule has 268 valence electrons. The first-order chi connectivity index (χ1) is 26.2. The first-order valence-corrected chi connectivity index (χ1v) is 17.5. The Bertz CT molecular complexity index is 2170. The summed E-state index contributed by atoms with van der Waals surface area (Å²) < 4.78 is 6.00. The van der Waals surface area contributed by atoms with Gasteiger partial charge in [0.25, 0.3) is 0 Å². The molecule has 0 atom stereocenters. The summed E-state index contributed by atoms with van der Waals surface area (Å²) in [6.45, 7) is 8.03. The van der Waals surface area contributed by atoms with Gasteiger partial charge in [0.05, 0.1) is 23.3 Å². The number of anilines is 6. The second-order valence-electron chi connectivity index (χ2n) is 11.9. The van der Waals surface area contributed by atoms with E-state index in [-0.39, 0.29) is 0 Å². The van der Waals surface area contributed by atoms with Crippen LogP contribution in [-0.2, 0) is 0 Å². The molecule has 0 aliphatic rings. The standard InChI is InChI=1S/C21H18ClN5.C21H17ClN4O/c1-14-11-17(7-9-22)12-15(2)20(14)26-19-8-10-24-21(27-19)25-18-5-3-16(13-23)4-6-18;1-14-11-17(7-9-22)12-15(2)20(14)27-19-8-10-24-21(26-19)25-18-5-3-16(13-23)4-6-18/h3-12H,1-2H3,(H2,24,25,26,27);3-12H,1-2H3,(H,24,25,26)/b9-7-;9-7+. The number of aromatic nitrogens is 4. The fourth-order valence-corrected chi connectivity index (χ4v) is 5.66. The number of nitrogens with zero attached hydrogens (tertiary/aromatic N) is 6. The molecule has 0 amide bonds. The summed E-state index contributed by atoms with van der Waals surface area (Å²) in [5.41, 5.74) is 13.0. The second kappa shape index (κ2) is 18.7. The highest BCUT2D eigenvalue weighted by molar-refractivity contribution is 6.27. The van der Waals surface area contributed by atoms with E-state index in [1.54, 1.807) is 54.9 Å². The van der Waals surface area contributed by atoms with Gasteiger partial charge < -0.3 is 20.7 Å². The van der Waals surface area contributed by atoms with Crippen LogP contribution in [0.2, 0.25) is 0 Å². The van der Waals surface area contributed by atoms with Crippen LogP contribution in [0.4, 0.5) is 34.8 Å². The van der Waals surface area contributed by atoms with Crippen LogP contribution in [0.15, 0.2) is 108 Å². The molecular weight excluding hydrogens is 717 g/mol. The van der Waals surface area contributed by atoms with Gasteiger partial charge in [0, 0.05) is 46.6 Å². The summed E-state index contributed by atoms with van der Waals surface area (Å²) in [6.07, 6.45) is 7.01. The monoisotopic (exact) mass is 751 g/mol. The van der Waals surface area contributed by atoms with Crippen LogP contribution < -0.4 is 20.7 Å². The summed E-state index contributed by atoms with van der Waals surface area (Å²) in [5.74, 6) is 2.77. The summed E-state index contributed by atoms with van der Waals surface area (Å²) >= 11 is 11.3. The smallest absolute Gasteiger partial charge is 0.230 e. The van der Waals surface area contributed by atoms with Gasteiger partial charge in [-0.05, 0) is 152 Å². The fourth-order valence-electron chi connectivity index (χ4n) is 5.37. The van der Waals surface area contributed by atoms with E-state index in [1.165, 1.54) is 11.1 Å². The number of benzene rings is 4. The largest absolute Gasteiger partial charge is 0.438 e. The zero-order valence-corrected chi connectivity index (χ0v) is 31.4. The van der Waals surface area contributed by atoms with Crippen molar-refractivity contribution < 1.29 is 4.74 Å². The lowest BCUT2D eigenvalue weighted by Gasteiger charge is -2.14. The van der Waals surface area contributed by atoms with Crippen molar-refractivity contribution in [1.82, 2.24) is 19.9 Å². The Balaban J connectivity index is 0.000000208. The van der Waals surface area contributed by atoms with Crippen molar-refractivity contribution in [2.24, 2.45) is 0 Å². The Hall–Kier alpha value is -6.72. The molecule has 2 aromatic heterocycles. The molecule has 0 fully saturated rings. The van der Waals surface area contributed by atoms with Crippen LogP contribution in [0, 0.1) is 50.4 Å². The zero-order chi connectivity index (χ0) is 38.5. The molecular formula is C42H35Cl2N9O.